The summed E-state index contributed by atoms with van der Waals surface area (Å²) >= 11 is 0. The first-order chi connectivity index (χ1) is 16.6. The van der Waals surface area contributed by atoms with Gasteiger partial charge in [0.1, 0.15) is 5.75 Å². The minimum atomic E-state index is 0.262. The van der Waals surface area contributed by atoms with Crippen LogP contribution in [0.3, 0.4) is 0 Å². The fourth-order valence-electron chi connectivity index (χ4n) is 4.41. The van der Waals surface area contributed by atoms with Gasteiger partial charge in [-0.3, -0.25) is 4.79 Å². The van der Waals surface area contributed by atoms with E-state index in [0.717, 1.165) is 35.1 Å². The average molecular weight is 457 g/mol. The van der Waals surface area contributed by atoms with Gasteiger partial charge in [0.2, 0.25) is 0 Å². The molecule has 0 heterocycles. The van der Waals surface area contributed by atoms with E-state index in [1.165, 1.54) is 42.0 Å². The Hall–Kier alpha value is -2.87. The summed E-state index contributed by atoms with van der Waals surface area (Å²) < 4.78 is 5.62. The molecule has 2 nitrogen and oxygen atoms in total. The van der Waals surface area contributed by atoms with Crippen LogP contribution in [0.5, 0.6) is 5.75 Å². The maximum Gasteiger partial charge on any atom is 0.158 e. The molecule has 0 N–H and O–H groups in total. The second-order valence-corrected chi connectivity index (χ2v) is 9.18. The molecule has 180 valence electrons. The van der Waals surface area contributed by atoms with E-state index < -0.39 is 0 Å². The highest BCUT2D eigenvalue weighted by Gasteiger charge is 2.24. The minimum absolute atomic E-state index is 0.262. The summed E-state index contributed by atoms with van der Waals surface area (Å²) in [7, 11) is 0. The summed E-state index contributed by atoms with van der Waals surface area (Å²) in [6.45, 7) is 9.08. The number of Topliss-reactive ketones (excluding diaryl/α,β-unsaturated/α-hetero) is 1. The number of ketones is 1. The number of allylic oxidation sites excluding steroid dienone is 1. The van der Waals surface area contributed by atoms with Crippen molar-refractivity contribution in [1.29, 1.82) is 0 Å². The highest BCUT2D eigenvalue weighted by molar-refractivity contribution is 5.99. The van der Waals surface area contributed by atoms with E-state index in [-0.39, 0.29) is 5.78 Å². The van der Waals surface area contributed by atoms with Crippen molar-refractivity contribution in [1.82, 2.24) is 0 Å². The van der Waals surface area contributed by atoms with Crippen molar-refractivity contribution < 1.29 is 9.53 Å². The van der Waals surface area contributed by atoms with Crippen LogP contribution in [-0.4, -0.2) is 12.4 Å². The number of rotatable bonds is 10. The lowest BCUT2D eigenvalue weighted by Gasteiger charge is -2.13. The zero-order chi connectivity index (χ0) is 24.3. The zero-order valence-corrected chi connectivity index (χ0v) is 21.3. The molecule has 2 heteroatoms. The smallest absolute Gasteiger partial charge is 0.158 e. The topological polar surface area (TPSA) is 26.3 Å². The summed E-state index contributed by atoms with van der Waals surface area (Å²) in [5.74, 6) is 2.57. The van der Waals surface area contributed by atoms with E-state index in [4.69, 9.17) is 4.74 Å². The van der Waals surface area contributed by atoms with Crippen LogP contribution in [0.1, 0.15) is 83.3 Å². The van der Waals surface area contributed by atoms with Gasteiger partial charge in [-0.15, -0.1) is 0 Å². The Morgan fingerprint density at radius 3 is 2.24 bits per heavy atom. The van der Waals surface area contributed by atoms with Crippen molar-refractivity contribution in [2.24, 2.45) is 5.92 Å². The van der Waals surface area contributed by atoms with E-state index in [0.29, 0.717) is 13.0 Å². The molecule has 0 spiro atoms. The zero-order valence-electron chi connectivity index (χ0n) is 21.3. The van der Waals surface area contributed by atoms with Gasteiger partial charge in [0.05, 0.1) is 6.61 Å². The lowest BCUT2D eigenvalue weighted by molar-refractivity contribution is -0.115. The molecule has 1 saturated carbocycles. The number of hydrogen-bond donors (Lipinski definition) is 0. The monoisotopic (exact) mass is 456 g/mol. The molecule has 4 rings (SSSR count). The van der Waals surface area contributed by atoms with Crippen LogP contribution >= 0.6 is 0 Å². The predicted molar refractivity (Wildman–Crippen MR) is 145 cm³/mol. The maximum absolute atomic E-state index is 12.0. The third-order valence-electron chi connectivity index (χ3n) is 6.66. The number of para-hydroxylation sites is 1. The van der Waals surface area contributed by atoms with Gasteiger partial charge in [-0.05, 0) is 84.9 Å². The van der Waals surface area contributed by atoms with Crippen LogP contribution in [0.15, 0.2) is 72.3 Å². The van der Waals surface area contributed by atoms with E-state index in [2.05, 4.69) is 56.3 Å². The summed E-state index contributed by atoms with van der Waals surface area (Å²) in [6, 6.07) is 23.4. The lowest BCUT2D eigenvalue weighted by atomic mass is 9.92. The van der Waals surface area contributed by atoms with Crippen LogP contribution in [0.2, 0.25) is 0 Å². The van der Waals surface area contributed by atoms with Crippen LogP contribution < -0.4 is 4.74 Å². The molecule has 0 amide bonds. The molecule has 3 aromatic carbocycles. The van der Waals surface area contributed by atoms with Crippen molar-refractivity contribution in [2.45, 2.75) is 72.1 Å². The van der Waals surface area contributed by atoms with E-state index in [1.807, 2.05) is 44.2 Å². The lowest BCUT2D eigenvalue weighted by Crippen LogP contribution is -2.02. The molecule has 0 aliphatic heterocycles. The van der Waals surface area contributed by atoms with E-state index >= 15 is 0 Å². The average Bonchev–Trinajstić information content (AvgIpc) is 3.70. The number of fused-ring (bicyclic) bond motifs is 1. The second kappa shape index (κ2) is 13.1. The second-order valence-electron chi connectivity index (χ2n) is 9.18. The molecule has 1 aliphatic rings. The molecular weight excluding hydrogens is 416 g/mol. The minimum Gasteiger partial charge on any atom is -0.493 e. The van der Waals surface area contributed by atoms with E-state index in [9.17, 15) is 4.79 Å². The number of ether oxygens (including phenoxy) is 1. The summed E-state index contributed by atoms with van der Waals surface area (Å²) in [4.78, 5) is 12.0. The molecule has 3 aromatic rings. The predicted octanol–water partition coefficient (Wildman–Crippen LogP) is 8.99. The van der Waals surface area contributed by atoms with Gasteiger partial charge in [-0.2, -0.15) is 0 Å². The molecule has 0 saturated heterocycles. The third-order valence-corrected chi connectivity index (χ3v) is 6.66. The SMILES string of the molecule is CCC(CC)c1ccc2ccccc2c1.CCOc1ccccc1/C=C(/CC1CC1)C(=O)CC. The summed E-state index contributed by atoms with van der Waals surface area (Å²) in [6.07, 6.45) is 8.52. The van der Waals surface area contributed by atoms with Crippen LogP contribution in [0.4, 0.5) is 0 Å². The molecule has 0 aromatic heterocycles. The fourth-order valence-corrected chi connectivity index (χ4v) is 4.41. The van der Waals surface area contributed by atoms with Gasteiger partial charge in [0.25, 0.3) is 0 Å². The van der Waals surface area contributed by atoms with Gasteiger partial charge in [0, 0.05) is 12.0 Å². The van der Waals surface area contributed by atoms with Crippen LogP contribution in [0, 0.1) is 5.92 Å². The molecule has 0 bridgehead atoms. The first-order valence-corrected chi connectivity index (χ1v) is 13.0. The van der Waals surface area contributed by atoms with Crippen molar-refractivity contribution >= 4 is 22.6 Å². The summed E-state index contributed by atoms with van der Waals surface area (Å²) in [5.41, 5.74) is 3.46. The normalized spacial score (nSPS) is 13.5. The maximum atomic E-state index is 12.0. The first-order valence-electron chi connectivity index (χ1n) is 13.0. The fraction of sp³-hybridized carbons (Fsp3) is 0.406. The quantitative estimate of drug-likeness (QED) is 0.284. The Labute approximate surface area is 206 Å². The highest BCUT2D eigenvalue weighted by atomic mass is 16.5. The van der Waals surface area contributed by atoms with Gasteiger partial charge < -0.3 is 4.74 Å². The van der Waals surface area contributed by atoms with Crippen molar-refractivity contribution in [3.05, 3.63) is 83.4 Å². The Bertz CT molecular complexity index is 1090. The van der Waals surface area contributed by atoms with Gasteiger partial charge in [-0.1, -0.05) is 81.4 Å². The molecule has 1 fully saturated rings. The Morgan fingerprint density at radius 2 is 1.59 bits per heavy atom. The van der Waals surface area contributed by atoms with Gasteiger partial charge in [-0.25, -0.2) is 0 Å². The Balaban J connectivity index is 0.000000196. The number of carbonyl (C=O) groups excluding carboxylic acids is 1. The van der Waals surface area contributed by atoms with Gasteiger partial charge in [0.15, 0.2) is 5.78 Å². The summed E-state index contributed by atoms with van der Waals surface area (Å²) in [5, 5.41) is 2.70. The molecule has 0 unspecified atom stereocenters. The van der Waals surface area contributed by atoms with Crippen LogP contribution in [-0.2, 0) is 4.79 Å². The van der Waals surface area contributed by atoms with E-state index in [1.54, 1.807) is 0 Å². The van der Waals surface area contributed by atoms with Crippen LogP contribution in [0.25, 0.3) is 16.8 Å². The molecule has 34 heavy (non-hydrogen) atoms. The van der Waals surface area contributed by atoms with Crippen molar-refractivity contribution in [2.75, 3.05) is 6.61 Å². The molecule has 0 atom stereocenters. The highest BCUT2D eigenvalue weighted by Crippen LogP contribution is 2.36. The number of benzene rings is 3. The van der Waals surface area contributed by atoms with Gasteiger partial charge >= 0.3 is 0 Å². The largest absolute Gasteiger partial charge is 0.493 e. The first kappa shape index (κ1) is 25.7. The Morgan fingerprint density at radius 1 is 0.912 bits per heavy atom. The third kappa shape index (κ3) is 7.32. The molecule has 0 radical (unpaired) electrons. The molecular formula is C32H40O2. The Kier molecular flexibility index (Phi) is 9.94. The van der Waals surface area contributed by atoms with Crippen molar-refractivity contribution in [3.8, 4) is 5.75 Å². The number of carbonyl (C=O) groups is 1. The van der Waals surface area contributed by atoms with Crippen molar-refractivity contribution in [3.63, 3.8) is 0 Å². The molecule has 1 aliphatic carbocycles. The standard InChI is InChI=1S/C17H22O2.C15H18/c1-3-16(18)15(11-13-9-10-13)12-14-7-5-6-8-17(14)19-4-2;1-3-12(4-2)15-10-9-13-7-5-6-8-14(13)11-15/h5-8,12-13H,3-4,9-11H2,1-2H3;5-12H,3-4H2,1-2H3/b15-12-;. The number of hydrogen-bond acceptors (Lipinski definition) is 2.